The predicted octanol–water partition coefficient (Wildman–Crippen LogP) is 4.06. The zero-order chi connectivity index (χ0) is 16.2. The molecule has 22 heavy (non-hydrogen) atoms. The van der Waals surface area contributed by atoms with Crippen molar-refractivity contribution in [3.63, 3.8) is 0 Å². The smallest absolute Gasteiger partial charge is 0.278 e. The van der Waals surface area contributed by atoms with Gasteiger partial charge >= 0.3 is 6.18 Å². The molecule has 0 spiro atoms. The van der Waals surface area contributed by atoms with Crippen LogP contribution in [0.3, 0.4) is 0 Å². The third-order valence-electron chi connectivity index (χ3n) is 2.72. The van der Waals surface area contributed by atoms with Crippen LogP contribution in [0.25, 0.3) is 0 Å². The summed E-state index contributed by atoms with van der Waals surface area (Å²) in [4.78, 5) is 9.97. The third kappa shape index (κ3) is 4.05. The average molecular weight is 309 g/mol. The molecule has 0 saturated heterocycles. The maximum absolute atomic E-state index is 12.4. The van der Waals surface area contributed by atoms with Crippen LogP contribution in [0.5, 0.6) is 0 Å². The minimum absolute atomic E-state index is 0.0442. The fraction of sp³-hybridized carbons (Fsp3) is 0.0714. The molecule has 8 heteroatoms. The number of halogens is 3. The van der Waals surface area contributed by atoms with Crippen molar-refractivity contribution in [3.05, 3.63) is 69.8 Å². The summed E-state index contributed by atoms with van der Waals surface area (Å²) in [6.07, 6.45) is -3.02. The van der Waals surface area contributed by atoms with Crippen molar-refractivity contribution in [2.45, 2.75) is 6.18 Å². The van der Waals surface area contributed by atoms with E-state index in [0.717, 1.165) is 12.1 Å². The van der Waals surface area contributed by atoms with E-state index in [0.29, 0.717) is 11.3 Å². The fourth-order valence-corrected chi connectivity index (χ4v) is 1.60. The van der Waals surface area contributed by atoms with Gasteiger partial charge in [0.15, 0.2) is 0 Å². The second-order valence-corrected chi connectivity index (χ2v) is 4.29. The Bertz CT molecular complexity index is 680. The quantitative estimate of drug-likeness (QED) is 0.526. The molecule has 0 aliphatic carbocycles. The average Bonchev–Trinajstić information content (AvgIpc) is 2.47. The van der Waals surface area contributed by atoms with Gasteiger partial charge in [0, 0.05) is 12.1 Å². The number of non-ortho nitro benzene ring substituents is 1. The molecule has 0 amide bonds. The van der Waals surface area contributed by atoms with Crippen molar-refractivity contribution in [2.75, 3.05) is 5.43 Å². The number of nitrogens with zero attached hydrogens (tertiary/aromatic N) is 2. The van der Waals surface area contributed by atoms with Gasteiger partial charge in [0.25, 0.3) is 5.69 Å². The molecule has 0 unspecified atom stereocenters. The second kappa shape index (κ2) is 6.25. The molecule has 0 atom stereocenters. The number of nitro groups is 1. The van der Waals surface area contributed by atoms with Crippen molar-refractivity contribution in [2.24, 2.45) is 5.10 Å². The van der Waals surface area contributed by atoms with Gasteiger partial charge in [-0.3, -0.25) is 15.5 Å². The Morgan fingerprint density at radius 1 is 1.05 bits per heavy atom. The maximum atomic E-state index is 12.4. The Balaban J connectivity index is 1.99. The van der Waals surface area contributed by atoms with E-state index in [4.69, 9.17) is 0 Å². The lowest BCUT2D eigenvalue weighted by Crippen LogP contribution is -2.04. The van der Waals surface area contributed by atoms with Crippen molar-refractivity contribution in [1.82, 2.24) is 0 Å². The molecular formula is C14H10F3N3O2. The molecule has 0 bridgehead atoms. The summed E-state index contributed by atoms with van der Waals surface area (Å²) in [5.74, 6) is 0. The van der Waals surface area contributed by atoms with E-state index in [1.165, 1.54) is 42.6 Å². The summed E-state index contributed by atoms with van der Waals surface area (Å²) >= 11 is 0. The molecule has 0 aliphatic heterocycles. The van der Waals surface area contributed by atoms with Crippen LogP contribution in [0.2, 0.25) is 0 Å². The number of nitro benzene ring substituents is 1. The lowest BCUT2D eigenvalue weighted by molar-refractivity contribution is -0.384. The minimum Gasteiger partial charge on any atom is -0.278 e. The predicted molar refractivity (Wildman–Crippen MR) is 75.8 cm³/mol. The van der Waals surface area contributed by atoms with Crippen molar-refractivity contribution in [1.29, 1.82) is 0 Å². The van der Waals surface area contributed by atoms with Crippen molar-refractivity contribution in [3.8, 4) is 0 Å². The Labute approximate surface area is 123 Å². The summed E-state index contributed by atoms with van der Waals surface area (Å²) in [6, 6.07) is 10.1. The van der Waals surface area contributed by atoms with E-state index in [1.54, 1.807) is 0 Å². The van der Waals surface area contributed by atoms with Crippen LogP contribution in [-0.2, 0) is 6.18 Å². The number of hydrogen-bond acceptors (Lipinski definition) is 4. The number of hydrazone groups is 1. The first-order valence-corrected chi connectivity index (χ1v) is 6.07. The van der Waals surface area contributed by atoms with E-state index in [-0.39, 0.29) is 5.69 Å². The van der Waals surface area contributed by atoms with Gasteiger partial charge in [-0.15, -0.1) is 0 Å². The van der Waals surface area contributed by atoms with E-state index in [2.05, 4.69) is 10.5 Å². The molecule has 0 saturated carbocycles. The fourth-order valence-electron chi connectivity index (χ4n) is 1.60. The third-order valence-corrected chi connectivity index (χ3v) is 2.72. The van der Waals surface area contributed by atoms with Crippen LogP contribution >= 0.6 is 0 Å². The second-order valence-electron chi connectivity index (χ2n) is 4.29. The summed E-state index contributed by atoms with van der Waals surface area (Å²) in [5.41, 5.74) is 2.87. The highest BCUT2D eigenvalue weighted by Crippen LogP contribution is 2.28. The van der Waals surface area contributed by atoms with Crippen LogP contribution in [0.15, 0.2) is 53.6 Å². The van der Waals surface area contributed by atoms with Gasteiger partial charge in [-0.05, 0) is 29.8 Å². The Hall–Kier alpha value is -2.90. The highest BCUT2D eigenvalue weighted by Gasteiger charge is 2.29. The zero-order valence-corrected chi connectivity index (χ0v) is 11.0. The normalized spacial score (nSPS) is 11.6. The summed E-state index contributed by atoms with van der Waals surface area (Å²) < 4.78 is 37.2. The topological polar surface area (TPSA) is 67.5 Å². The number of anilines is 1. The molecule has 0 heterocycles. The van der Waals surface area contributed by atoms with Gasteiger partial charge in [-0.2, -0.15) is 18.3 Å². The number of alkyl halides is 3. The van der Waals surface area contributed by atoms with E-state index in [1.807, 2.05) is 0 Å². The standard InChI is InChI=1S/C14H10F3N3O2/c15-14(16,17)11-3-1-10(2-4-11)9-18-19-12-5-7-13(8-6-12)20(21)22/h1-9,19H/b18-9+. The van der Waals surface area contributed by atoms with Crippen LogP contribution in [0, 0.1) is 10.1 Å². The van der Waals surface area contributed by atoms with E-state index < -0.39 is 16.7 Å². The monoisotopic (exact) mass is 309 g/mol. The number of nitrogens with one attached hydrogen (secondary N) is 1. The first kappa shape index (κ1) is 15.5. The molecule has 114 valence electrons. The molecule has 0 aliphatic rings. The molecule has 0 fully saturated rings. The molecule has 2 aromatic rings. The minimum atomic E-state index is -4.37. The zero-order valence-electron chi connectivity index (χ0n) is 11.0. The first-order chi connectivity index (χ1) is 10.4. The van der Waals surface area contributed by atoms with Crippen LogP contribution in [0.1, 0.15) is 11.1 Å². The van der Waals surface area contributed by atoms with E-state index in [9.17, 15) is 23.3 Å². The number of benzene rings is 2. The van der Waals surface area contributed by atoms with Crippen LogP contribution in [0.4, 0.5) is 24.5 Å². The Morgan fingerprint density at radius 2 is 1.64 bits per heavy atom. The largest absolute Gasteiger partial charge is 0.416 e. The number of rotatable bonds is 4. The Morgan fingerprint density at radius 3 is 2.14 bits per heavy atom. The van der Waals surface area contributed by atoms with Crippen molar-refractivity contribution >= 4 is 17.6 Å². The summed E-state index contributed by atoms with van der Waals surface area (Å²) in [5, 5.41) is 14.3. The van der Waals surface area contributed by atoms with Gasteiger partial charge < -0.3 is 0 Å². The molecule has 0 radical (unpaired) electrons. The molecule has 2 rings (SSSR count). The van der Waals surface area contributed by atoms with Crippen LogP contribution < -0.4 is 5.43 Å². The van der Waals surface area contributed by atoms with Gasteiger partial charge in [-0.25, -0.2) is 0 Å². The molecule has 0 aromatic heterocycles. The molecule has 1 N–H and O–H groups in total. The van der Waals surface area contributed by atoms with Gasteiger partial charge in [0.05, 0.1) is 22.4 Å². The maximum Gasteiger partial charge on any atom is 0.416 e. The SMILES string of the molecule is O=[N+]([O-])c1ccc(N/N=C/c2ccc(C(F)(F)F)cc2)cc1. The highest BCUT2D eigenvalue weighted by atomic mass is 19.4. The Kier molecular flexibility index (Phi) is 4.40. The van der Waals surface area contributed by atoms with Gasteiger partial charge in [-0.1, -0.05) is 12.1 Å². The lowest BCUT2D eigenvalue weighted by atomic mass is 10.1. The van der Waals surface area contributed by atoms with Gasteiger partial charge in [0.2, 0.25) is 0 Å². The molecule has 5 nitrogen and oxygen atoms in total. The lowest BCUT2D eigenvalue weighted by Gasteiger charge is -2.05. The highest BCUT2D eigenvalue weighted by molar-refractivity contribution is 5.80. The summed E-state index contributed by atoms with van der Waals surface area (Å²) in [7, 11) is 0. The molecule has 2 aromatic carbocycles. The molecular weight excluding hydrogens is 299 g/mol. The van der Waals surface area contributed by atoms with Crippen molar-refractivity contribution < 1.29 is 18.1 Å². The first-order valence-electron chi connectivity index (χ1n) is 6.07. The van der Waals surface area contributed by atoms with E-state index >= 15 is 0 Å². The number of hydrogen-bond donors (Lipinski definition) is 1. The van der Waals surface area contributed by atoms with Gasteiger partial charge in [0.1, 0.15) is 0 Å². The van der Waals surface area contributed by atoms with Crippen LogP contribution in [-0.4, -0.2) is 11.1 Å². The summed E-state index contributed by atoms with van der Waals surface area (Å²) in [6.45, 7) is 0.